The fourth-order valence-electron chi connectivity index (χ4n) is 2.94. The fourth-order valence-corrected chi connectivity index (χ4v) is 4.11. The minimum absolute atomic E-state index is 0.0110. The molecule has 0 spiro atoms. The van der Waals surface area contributed by atoms with E-state index >= 15 is 0 Å². The van der Waals surface area contributed by atoms with Crippen LogP contribution in [0.3, 0.4) is 0 Å². The zero-order valence-corrected chi connectivity index (χ0v) is 17.9. The van der Waals surface area contributed by atoms with Crippen LogP contribution in [0.15, 0.2) is 53.5 Å². The predicted molar refractivity (Wildman–Crippen MR) is 118 cm³/mol. The molecule has 1 aliphatic rings. The highest BCUT2D eigenvalue weighted by Gasteiger charge is 2.39. The van der Waals surface area contributed by atoms with Crippen molar-refractivity contribution in [2.45, 2.75) is 25.5 Å². The lowest BCUT2D eigenvalue weighted by Crippen LogP contribution is -2.36. The van der Waals surface area contributed by atoms with Crippen molar-refractivity contribution in [2.24, 2.45) is 10.9 Å². The Balaban J connectivity index is 1.73. The lowest BCUT2D eigenvalue weighted by molar-refractivity contribution is -0.128. The van der Waals surface area contributed by atoms with Gasteiger partial charge in [-0.15, -0.1) is 0 Å². The van der Waals surface area contributed by atoms with Gasteiger partial charge in [0.2, 0.25) is 11.8 Å². The molecule has 1 heterocycles. The van der Waals surface area contributed by atoms with Gasteiger partial charge in [-0.2, -0.15) is 0 Å². The van der Waals surface area contributed by atoms with Gasteiger partial charge in [0.25, 0.3) is 0 Å². The standard InChI is InChI=1S/C22H24FN3O3S/c1-14(2)13-26-21(28)19(12-20(27)24-16-6-4-15(23)5-7-16)30-22(26)25-17-8-10-18(29-3)11-9-17/h4-11,14,19H,12-13H2,1-3H3,(H,24,27)/t19-/m1/s1. The van der Waals surface area contributed by atoms with Crippen LogP contribution < -0.4 is 10.1 Å². The molecule has 0 aliphatic carbocycles. The highest BCUT2D eigenvalue weighted by Crippen LogP contribution is 2.32. The summed E-state index contributed by atoms with van der Waals surface area (Å²) >= 11 is 1.29. The van der Waals surface area contributed by atoms with E-state index in [0.717, 1.165) is 5.75 Å². The quantitative estimate of drug-likeness (QED) is 0.706. The van der Waals surface area contributed by atoms with Crippen molar-refractivity contribution in [1.82, 2.24) is 4.90 Å². The van der Waals surface area contributed by atoms with Crippen molar-refractivity contribution in [3.63, 3.8) is 0 Å². The number of halogens is 1. The van der Waals surface area contributed by atoms with E-state index in [2.05, 4.69) is 10.3 Å². The number of amides is 2. The summed E-state index contributed by atoms with van der Waals surface area (Å²) in [6.45, 7) is 4.58. The van der Waals surface area contributed by atoms with Crippen molar-refractivity contribution in [3.8, 4) is 5.75 Å². The molecule has 2 aromatic rings. The van der Waals surface area contributed by atoms with E-state index in [4.69, 9.17) is 4.74 Å². The van der Waals surface area contributed by atoms with E-state index in [1.807, 2.05) is 26.0 Å². The average molecular weight is 430 g/mol. The first-order chi connectivity index (χ1) is 14.4. The summed E-state index contributed by atoms with van der Waals surface area (Å²) in [5, 5.41) is 2.73. The third-order valence-electron chi connectivity index (χ3n) is 4.36. The molecule has 0 saturated carbocycles. The predicted octanol–water partition coefficient (Wildman–Crippen LogP) is 4.45. The van der Waals surface area contributed by atoms with Crippen LogP contribution in [0.5, 0.6) is 5.75 Å². The highest BCUT2D eigenvalue weighted by atomic mass is 32.2. The van der Waals surface area contributed by atoms with E-state index in [1.165, 1.54) is 36.0 Å². The summed E-state index contributed by atoms with van der Waals surface area (Å²) in [6, 6.07) is 12.8. The fraction of sp³-hybridized carbons (Fsp3) is 0.318. The summed E-state index contributed by atoms with van der Waals surface area (Å²) in [5.41, 5.74) is 1.19. The van der Waals surface area contributed by atoms with Crippen LogP contribution in [0.1, 0.15) is 20.3 Å². The molecule has 0 unspecified atom stereocenters. The van der Waals surface area contributed by atoms with Gasteiger partial charge in [0, 0.05) is 18.7 Å². The number of hydrogen-bond donors (Lipinski definition) is 1. The number of amidine groups is 1. The monoisotopic (exact) mass is 429 g/mol. The number of benzene rings is 2. The van der Waals surface area contributed by atoms with Crippen molar-refractivity contribution in [3.05, 3.63) is 54.3 Å². The number of thioether (sulfide) groups is 1. The van der Waals surface area contributed by atoms with Crippen molar-refractivity contribution in [1.29, 1.82) is 0 Å². The van der Waals surface area contributed by atoms with Crippen LogP contribution in [0.25, 0.3) is 0 Å². The second-order valence-corrected chi connectivity index (χ2v) is 8.47. The Morgan fingerprint density at radius 1 is 1.20 bits per heavy atom. The first-order valence-electron chi connectivity index (χ1n) is 9.62. The smallest absolute Gasteiger partial charge is 0.242 e. The zero-order chi connectivity index (χ0) is 21.7. The molecule has 158 valence electrons. The molecular formula is C22H24FN3O3S. The van der Waals surface area contributed by atoms with E-state index in [9.17, 15) is 14.0 Å². The summed E-state index contributed by atoms with van der Waals surface area (Å²) in [5.74, 6) is 0.169. The number of hydrogen-bond acceptors (Lipinski definition) is 5. The number of rotatable bonds is 7. The lowest BCUT2D eigenvalue weighted by atomic mass is 10.2. The number of aliphatic imine (C=N–C) groups is 1. The zero-order valence-electron chi connectivity index (χ0n) is 17.1. The molecule has 0 aromatic heterocycles. The average Bonchev–Trinajstić information content (AvgIpc) is 2.98. The van der Waals surface area contributed by atoms with E-state index in [-0.39, 0.29) is 30.0 Å². The summed E-state index contributed by atoms with van der Waals surface area (Å²) in [7, 11) is 1.60. The Kier molecular flexibility index (Phi) is 7.10. The van der Waals surface area contributed by atoms with E-state index in [1.54, 1.807) is 24.1 Å². The molecule has 1 fully saturated rings. The van der Waals surface area contributed by atoms with Crippen LogP contribution in [0.4, 0.5) is 15.8 Å². The summed E-state index contributed by atoms with van der Waals surface area (Å²) in [4.78, 5) is 31.6. The molecule has 30 heavy (non-hydrogen) atoms. The van der Waals surface area contributed by atoms with E-state index < -0.39 is 5.25 Å². The van der Waals surface area contributed by atoms with Gasteiger partial charge in [-0.3, -0.25) is 14.5 Å². The number of ether oxygens (including phenoxy) is 1. The molecule has 1 N–H and O–H groups in total. The number of anilines is 1. The molecule has 8 heteroatoms. The lowest BCUT2D eigenvalue weighted by Gasteiger charge is -2.18. The van der Waals surface area contributed by atoms with E-state index in [0.29, 0.717) is 23.1 Å². The largest absolute Gasteiger partial charge is 0.497 e. The number of nitrogens with zero attached hydrogens (tertiary/aromatic N) is 2. The van der Waals surface area contributed by atoms with Crippen molar-refractivity contribution in [2.75, 3.05) is 19.0 Å². The third-order valence-corrected chi connectivity index (χ3v) is 5.54. The van der Waals surface area contributed by atoms with Crippen molar-refractivity contribution >= 4 is 40.1 Å². The van der Waals surface area contributed by atoms with Gasteiger partial charge in [0.05, 0.1) is 12.8 Å². The summed E-state index contributed by atoms with van der Waals surface area (Å²) < 4.78 is 18.2. The van der Waals surface area contributed by atoms with Gasteiger partial charge in [-0.25, -0.2) is 9.38 Å². The Morgan fingerprint density at radius 3 is 2.47 bits per heavy atom. The molecule has 6 nitrogen and oxygen atoms in total. The molecule has 0 bridgehead atoms. The van der Waals surface area contributed by atoms with Gasteiger partial charge in [-0.05, 0) is 54.4 Å². The van der Waals surface area contributed by atoms with Gasteiger partial charge in [0.15, 0.2) is 5.17 Å². The molecule has 1 atom stereocenters. The Morgan fingerprint density at radius 2 is 1.87 bits per heavy atom. The number of nitrogens with one attached hydrogen (secondary N) is 1. The maximum absolute atomic E-state index is 13.0. The molecule has 3 rings (SSSR count). The molecule has 1 aliphatic heterocycles. The van der Waals surface area contributed by atoms with Crippen LogP contribution >= 0.6 is 11.8 Å². The Bertz CT molecular complexity index is 930. The van der Waals surface area contributed by atoms with Crippen molar-refractivity contribution < 1.29 is 18.7 Å². The maximum atomic E-state index is 13.0. The molecule has 2 amide bonds. The normalized spacial score (nSPS) is 17.6. The van der Waals surface area contributed by atoms with Gasteiger partial charge >= 0.3 is 0 Å². The van der Waals surface area contributed by atoms with Gasteiger partial charge < -0.3 is 10.1 Å². The molecule has 2 aromatic carbocycles. The minimum atomic E-state index is -0.554. The Hall–Kier alpha value is -2.87. The number of carbonyl (C=O) groups excluding carboxylic acids is 2. The van der Waals surface area contributed by atoms with Crippen LogP contribution in [0.2, 0.25) is 0 Å². The maximum Gasteiger partial charge on any atom is 0.242 e. The highest BCUT2D eigenvalue weighted by molar-refractivity contribution is 8.15. The first-order valence-corrected chi connectivity index (χ1v) is 10.5. The minimum Gasteiger partial charge on any atom is -0.497 e. The van der Waals surface area contributed by atoms with Crippen LogP contribution in [0, 0.1) is 11.7 Å². The molecular weight excluding hydrogens is 405 g/mol. The molecule has 1 saturated heterocycles. The number of methoxy groups -OCH3 is 1. The second kappa shape index (κ2) is 9.75. The molecule has 0 radical (unpaired) electrons. The number of carbonyl (C=O) groups is 2. The Labute approximate surface area is 179 Å². The first kappa shape index (κ1) is 21.8. The topological polar surface area (TPSA) is 71.0 Å². The third kappa shape index (κ3) is 5.60. The van der Waals surface area contributed by atoms with Crippen LogP contribution in [-0.2, 0) is 9.59 Å². The van der Waals surface area contributed by atoms with Gasteiger partial charge in [-0.1, -0.05) is 25.6 Å². The van der Waals surface area contributed by atoms with Gasteiger partial charge in [0.1, 0.15) is 16.8 Å². The SMILES string of the molecule is COc1ccc(N=C2S[C@H](CC(=O)Nc3ccc(F)cc3)C(=O)N2CC(C)C)cc1. The second-order valence-electron chi connectivity index (χ2n) is 7.30. The van der Waals surface area contributed by atoms with Crippen LogP contribution in [-0.4, -0.2) is 40.8 Å². The summed E-state index contributed by atoms with van der Waals surface area (Å²) in [6.07, 6.45) is 0.0110.